The van der Waals surface area contributed by atoms with Crippen LogP contribution < -0.4 is 9.46 Å². The number of sulfonamides is 1. The Kier molecular flexibility index (Phi) is 6.10. The second-order valence-electron chi connectivity index (χ2n) is 7.85. The van der Waals surface area contributed by atoms with Crippen molar-refractivity contribution < 1.29 is 26.3 Å². The molecule has 0 radical (unpaired) electrons. The Labute approximate surface area is 178 Å². The van der Waals surface area contributed by atoms with Crippen molar-refractivity contribution in [2.45, 2.75) is 44.1 Å². The Bertz CT molecular complexity index is 1140. The molecule has 0 aliphatic carbocycles. The van der Waals surface area contributed by atoms with Gasteiger partial charge in [0.15, 0.2) is 0 Å². The van der Waals surface area contributed by atoms with Crippen molar-refractivity contribution in [2.24, 2.45) is 0 Å². The molecule has 31 heavy (non-hydrogen) atoms. The third-order valence-electron chi connectivity index (χ3n) is 3.94. The lowest BCUT2D eigenvalue weighted by Gasteiger charge is -2.22. The lowest BCUT2D eigenvalue weighted by Crippen LogP contribution is -2.40. The van der Waals surface area contributed by atoms with E-state index in [1.54, 1.807) is 51.6 Å². The molecule has 0 unspecified atom stereocenters. The molecule has 0 fully saturated rings. The second-order valence-corrected chi connectivity index (χ2v) is 9.50. The Morgan fingerprint density at radius 1 is 1.13 bits per heavy atom. The molecule has 7 nitrogen and oxygen atoms in total. The van der Waals surface area contributed by atoms with Crippen molar-refractivity contribution in [1.29, 1.82) is 0 Å². The van der Waals surface area contributed by atoms with E-state index in [-0.39, 0.29) is 16.2 Å². The van der Waals surface area contributed by atoms with Gasteiger partial charge in [-0.15, -0.1) is 13.2 Å². The summed E-state index contributed by atoms with van der Waals surface area (Å²) in [6.45, 7) is 5.47. The highest BCUT2D eigenvalue weighted by Gasteiger charge is 2.32. The minimum absolute atomic E-state index is 0.00678. The summed E-state index contributed by atoms with van der Waals surface area (Å²) in [5.41, 5.74) is 0.199. The predicted octanol–water partition coefficient (Wildman–Crippen LogP) is 3.97. The average Bonchev–Trinajstić information content (AvgIpc) is 3.12. The van der Waals surface area contributed by atoms with Gasteiger partial charge in [0.1, 0.15) is 5.75 Å². The molecule has 0 bridgehead atoms. The topological polar surface area (TPSA) is 86.1 Å². The molecule has 0 spiro atoms. The Morgan fingerprint density at radius 2 is 1.87 bits per heavy atom. The maximum Gasteiger partial charge on any atom is 0.573 e. The van der Waals surface area contributed by atoms with Crippen LogP contribution in [0.15, 0.2) is 60.1 Å². The number of benzene rings is 1. The first-order chi connectivity index (χ1) is 14.3. The molecular formula is C20H21F3N4O3S. The third kappa shape index (κ3) is 6.28. The number of hydrogen-bond donors (Lipinski definition) is 1. The largest absolute Gasteiger partial charge is 0.573 e. The maximum atomic E-state index is 12.9. The maximum absolute atomic E-state index is 12.9. The molecule has 11 heteroatoms. The van der Waals surface area contributed by atoms with Crippen LogP contribution in [0.2, 0.25) is 0 Å². The van der Waals surface area contributed by atoms with E-state index < -0.39 is 27.7 Å². The Morgan fingerprint density at radius 3 is 2.42 bits per heavy atom. The van der Waals surface area contributed by atoms with Crippen molar-refractivity contribution >= 4 is 10.0 Å². The van der Waals surface area contributed by atoms with Gasteiger partial charge in [-0.1, -0.05) is 6.07 Å². The molecule has 3 aromatic rings. The predicted molar refractivity (Wildman–Crippen MR) is 108 cm³/mol. The van der Waals surface area contributed by atoms with Crippen LogP contribution in [0, 0.1) is 0 Å². The first kappa shape index (κ1) is 22.8. The van der Waals surface area contributed by atoms with Gasteiger partial charge in [0, 0.05) is 36.2 Å². The van der Waals surface area contributed by atoms with Gasteiger partial charge in [-0.25, -0.2) is 18.1 Å². The van der Waals surface area contributed by atoms with Crippen LogP contribution >= 0.6 is 0 Å². The van der Waals surface area contributed by atoms with Crippen LogP contribution in [0.4, 0.5) is 13.2 Å². The fraction of sp³-hybridized carbons (Fsp3) is 0.300. The van der Waals surface area contributed by atoms with Gasteiger partial charge in [0.05, 0.1) is 16.9 Å². The molecule has 1 N–H and O–H groups in total. The minimum Gasteiger partial charge on any atom is -0.406 e. The summed E-state index contributed by atoms with van der Waals surface area (Å²) in [5.74, 6) is -0.540. The van der Waals surface area contributed by atoms with E-state index >= 15 is 0 Å². The molecule has 2 heterocycles. The van der Waals surface area contributed by atoms with Gasteiger partial charge < -0.3 is 9.30 Å². The van der Waals surface area contributed by atoms with Crippen LogP contribution in [0.3, 0.4) is 0 Å². The number of ether oxygens (including phenoxy) is 1. The number of rotatable bonds is 6. The SMILES string of the molecule is CC(C)(C)NS(=O)(=O)c1ccc(OC(F)(F)F)cc1-c1ccc(Cn2ccnc2)cn1. The first-order valence-electron chi connectivity index (χ1n) is 9.17. The summed E-state index contributed by atoms with van der Waals surface area (Å²) >= 11 is 0. The molecular weight excluding hydrogens is 433 g/mol. The van der Waals surface area contributed by atoms with Crippen molar-refractivity contribution in [2.75, 3.05) is 0 Å². The van der Waals surface area contributed by atoms with Gasteiger partial charge >= 0.3 is 6.36 Å². The zero-order valence-electron chi connectivity index (χ0n) is 17.0. The zero-order chi connectivity index (χ0) is 22.9. The second kappa shape index (κ2) is 8.31. The minimum atomic E-state index is -4.91. The fourth-order valence-electron chi connectivity index (χ4n) is 2.87. The molecule has 0 atom stereocenters. The summed E-state index contributed by atoms with van der Waals surface area (Å²) < 4.78 is 72.2. The number of nitrogens with zero attached hydrogens (tertiary/aromatic N) is 3. The number of aromatic nitrogens is 3. The number of halogens is 3. The highest BCUT2D eigenvalue weighted by atomic mass is 32.2. The highest BCUT2D eigenvalue weighted by Crippen LogP contribution is 2.33. The summed E-state index contributed by atoms with van der Waals surface area (Å²) in [5, 5.41) is 0. The van der Waals surface area contributed by atoms with Gasteiger partial charge in [-0.3, -0.25) is 4.98 Å². The third-order valence-corrected chi connectivity index (χ3v) is 5.76. The smallest absolute Gasteiger partial charge is 0.406 e. The van der Waals surface area contributed by atoms with E-state index in [1.165, 1.54) is 6.20 Å². The van der Waals surface area contributed by atoms with Crippen molar-refractivity contribution in [3.8, 4) is 17.0 Å². The quantitative estimate of drug-likeness (QED) is 0.609. The van der Waals surface area contributed by atoms with Crippen LogP contribution in [0.5, 0.6) is 5.75 Å². The lowest BCUT2D eigenvalue weighted by molar-refractivity contribution is -0.274. The molecule has 1 aromatic carbocycles. The van der Waals surface area contributed by atoms with E-state index in [4.69, 9.17) is 0 Å². The van der Waals surface area contributed by atoms with Crippen molar-refractivity contribution in [3.05, 3.63) is 60.8 Å². The van der Waals surface area contributed by atoms with E-state index in [9.17, 15) is 21.6 Å². The van der Waals surface area contributed by atoms with E-state index in [2.05, 4.69) is 19.4 Å². The van der Waals surface area contributed by atoms with Crippen LogP contribution in [-0.4, -0.2) is 34.9 Å². The van der Waals surface area contributed by atoms with E-state index in [0.29, 0.717) is 6.54 Å². The molecule has 0 aliphatic heterocycles. The fourth-order valence-corrected chi connectivity index (χ4v) is 4.48. The van der Waals surface area contributed by atoms with E-state index in [0.717, 1.165) is 23.8 Å². The van der Waals surface area contributed by atoms with E-state index in [1.807, 2.05) is 4.57 Å². The standard InChI is InChI=1S/C20H21F3N4O3S/c1-19(2,3)26-31(28,29)18-7-5-15(30-20(21,22)23)10-16(18)17-6-4-14(11-25-17)12-27-9-8-24-13-27/h4-11,13,26H,12H2,1-3H3. The molecule has 0 amide bonds. The van der Waals surface area contributed by atoms with Gasteiger partial charge in [0.2, 0.25) is 10.0 Å². The Balaban J connectivity index is 2.03. The van der Waals surface area contributed by atoms with Crippen LogP contribution in [0.25, 0.3) is 11.3 Å². The van der Waals surface area contributed by atoms with Crippen LogP contribution in [-0.2, 0) is 16.6 Å². The Hall–Kier alpha value is -2.92. The van der Waals surface area contributed by atoms with Crippen molar-refractivity contribution in [1.82, 2.24) is 19.3 Å². The number of pyridine rings is 1. The number of imidazole rings is 1. The average molecular weight is 454 g/mol. The summed E-state index contributed by atoms with van der Waals surface area (Å²) in [7, 11) is -4.05. The molecule has 0 saturated heterocycles. The first-order valence-corrected chi connectivity index (χ1v) is 10.7. The molecule has 2 aromatic heterocycles. The molecule has 0 aliphatic rings. The van der Waals surface area contributed by atoms with Gasteiger partial charge in [0.25, 0.3) is 0 Å². The zero-order valence-corrected chi connectivity index (χ0v) is 17.8. The normalized spacial score (nSPS) is 12.7. The molecule has 166 valence electrons. The molecule has 3 rings (SSSR count). The highest BCUT2D eigenvalue weighted by molar-refractivity contribution is 7.89. The number of nitrogens with one attached hydrogen (secondary N) is 1. The summed E-state index contributed by atoms with van der Waals surface area (Å²) in [6.07, 6.45) is 1.65. The lowest BCUT2D eigenvalue weighted by atomic mass is 10.1. The monoisotopic (exact) mass is 454 g/mol. The number of alkyl halides is 3. The van der Waals surface area contributed by atoms with Crippen LogP contribution in [0.1, 0.15) is 26.3 Å². The summed E-state index contributed by atoms with van der Waals surface area (Å²) in [4.78, 5) is 8.03. The van der Waals surface area contributed by atoms with Gasteiger partial charge in [-0.05, 0) is 50.6 Å². The summed E-state index contributed by atoms with van der Waals surface area (Å²) in [6, 6.07) is 6.32. The molecule has 0 saturated carbocycles. The van der Waals surface area contributed by atoms with Crippen molar-refractivity contribution in [3.63, 3.8) is 0 Å². The van der Waals surface area contributed by atoms with Gasteiger partial charge in [-0.2, -0.15) is 0 Å². The number of hydrogen-bond acceptors (Lipinski definition) is 5.